The summed E-state index contributed by atoms with van der Waals surface area (Å²) in [6.07, 6.45) is 7.15. The SMILES string of the molecule is c1ccc(-n2nc(-c3ccncc3)cc2-c2ccncc2)cc1. The maximum Gasteiger partial charge on any atom is 0.0935 e. The zero-order valence-corrected chi connectivity index (χ0v) is 12.4. The van der Waals surface area contributed by atoms with E-state index in [-0.39, 0.29) is 0 Å². The van der Waals surface area contributed by atoms with Gasteiger partial charge >= 0.3 is 0 Å². The second-order valence-electron chi connectivity index (χ2n) is 5.13. The maximum absolute atomic E-state index is 4.80. The number of pyridine rings is 2. The quantitative estimate of drug-likeness (QED) is 0.574. The van der Waals surface area contributed by atoms with E-state index in [9.17, 15) is 0 Å². The molecule has 4 rings (SSSR count). The third kappa shape index (κ3) is 2.62. The van der Waals surface area contributed by atoms with Crippen molar-refractivity contribution in [3.63, 3.8) is 0 Å². The molecule has 4 heteroatoms. The second kappa shape index (κ2) is 5.85. The van der Waals surface area contributed by atoms with E-state index >= 15 is 0 Å². The first-order valence-corrected chi connectivity index (χ1v) is 7.38. The summed E-state index contributed by atoms with van der Waals surface area (Å²) < 4.78 is 1.96. The van der Waals surface area contributed by atoms with E-state index < -0.39 is 0 Å². The van der Waals surface area contributed by atoms with Crippen LogP contribution in [0.1, 0.15) is 0 Å². The van der Waals surface area contributed by atoms with E-state index in [0.717, 1.165) is 28.2 Å². The van der Waals surface area contributed by atoms with E-state index in [0.29, 0.717) is 0 Å². The van der Waals surface area contributed by atoms with Crippen LogP contribution in [0.2, 0.25) is 0 Å². The molecule has 0 aliphatic carbocycles. The number of para-hydroxylation sites is 1. The van der Waals surface area contributed by atoms with Gasteiger partial charge in [0.25, 0.3) is 0 Å². The van der Waals surface area contributed by atoms with Crippen LogP contribution in [0.25, 0.3) is 28.2 Å². The minimum atomic E-state index is 0.920. The van der Waals surface area contributed by atoms with E-state index in [2.05, 4.69) is 16.0 Å². The molecule has 4 nitrogen and oxygen atoms in total. The highest BCUT2D eigenvalue weighted by Gasteiger charge is 2.12. The van der Waals surface area contributed by atoms with Crippen LogP contribution in [0.15, 0.2) is 85.5 Å². The summed E-state index contributed by atoms with van der Waals surface area (Å²) in [5, 5.41) is 4.80. The van der Waals surface area contributed by atoms with Crippen LogP contribution >= 0.6 is 0 Å². The fraction of sp³-hybridized carbons (Fsp3) is 0. The average molecular weight is 298 g/mol. The second-order valence-corrected chi connectivity index (χ2v) is 5.13. The van der Waals surface area contributed by atoms with Crippen LogP contribution in [0, 0.1) is 0 Å². The lowest BCUT2D eigenvalue weighted by atomic mass is 10.1. The molecule has 0 unspecified atom stereocenters. The van der Waals surface area contributed by atoms with Crippen molar-refractivity contribution in [3.05, 3.63) is 85.5 Å². The molecule has 0 saturated heterocycles. The van der Waals surface area contributed by atoms with Crippen molar-refractivity contribution in [1.29, 1.82) is 0 Å². The molecule has 4 aromatic rings. The Morgan fingerprint density at radius 2 is 1.26 bits per heavy atom. The Hall–Kier alpha value is -3.27. The van der Waals surface area contributed by atoms with Gasteiger partial charge in [0, 0.05) is 35.9 Å². The highest BCUT2D eigenvalue weighted by atomic mass is 15.3. The number of hydrogen-bond acceptors (Lipinski definition) is 3. The predicted octanol–water partition coefficient (Wildman–Crippen LogP) is 4.00. The molecule has 1 aromatic carbocycles. The van der Waals surface area contributed by atoms with Gasteiger partial charge in [0.2, 0.25) is 0 Å². The maximum atomic E-state index is 4.80. The molecule has 0 N–H and O–H groups in total. The highest BCUT2D eigenvalue weighted by Crippen LogP contribution is 2.28. The van der Waals surface area contributed by atoms with Gasteiger partial charge in [-0.25, -0.2) is 4.68 Å². The molecule has 0 radical (unpaired) electrons. The number of benzene rings is 1. The van der Waals surface area contributed by atoms with E-state index in [1.165, 1.54) is 0 Å². The summed E-state index contributed by atoms with van der Waals surface area (Å²) in [7, 11) is 0. The van der Waals surface area contributed by atoms with Crippen LogP contribution in [0.4, 0.5) is 0 Å². The molecule has 110 valence electrons. The Labute approximate surface area is 134 Å². The summed E-state index contributed by atoms with van der Waals surface area (Å²) in [5.74, 6) is 0. The van der Waals surface area contributed by atoms with E-state index in [1.807, 2.05) is 59.3 Å². The summed E-state index contributed by atoms with van der Waals surface area (Å²) in [5.41, 5.74) is 5.11. The monoisotopic (exact) mass is 298 g/mol. The van der Waals surface area contributed by atoms with Crippen molar-refractivity contribution in [3.8, 4) is 28.2 Å². The Kier molecular flexibility index (Phi) is 3.41. The van der Waals surface area contributed by atoms with Gasteiger partial charge in [-0.15, -0.1) is 0 Å². The normalized spacial score (nSPS) is 10.6. The molecule has 0 bridgehead atoms. The van der Waals surface area contributed by atoms with Crippen molar-refractivity contribution in [2.24, 2.45) is 0 Å². The van der Waals surface area contributed by atoms with Crippen molar-refractivity contribution in [1.82, 2.24) is 19.7 Å². The summed E-state index contributed by atoms with van der Waals surface area (Å²) in [6.45, 7) is 0. The first-order chi connectivity index (χ1) is 11.4. The Balaban J connectivity index is 1.91. The third-order valence-electron chi connectivity index (χ3n) is 3.66. The largest absolute Gasteiger partial charge is 0.265 e. The lowest BCUT2D eigenvalue weighted by Gasteiger charge is -2.06. The topological polar surface area (TPSA) is 43.6 Å². The van der Waals surface area contributed by atoms with Gasteiger partial charge in [-0.05, 0) is 42.5 Å². The van der Waals surface area contributed by atoms with E-state index in [1.54, 1.807) is 24.8 Å². The fourth-order valence-electron chi connectivity index (χ4n) is 2.54. The lowest BCUT2D eigenvalue weighted by molar-refractivity contribution is 0.891. The van der Waals surface area contributed by atoms with Gasteiger partial charge in [-0.1, -0.05) is 18.2 Å². The Bertz CT molecular complexity index is 843. The fourth-order valence-corrected chi connectivity index (χ4v) is 2.54. The molecular formula is C19H14N4. The molecule has 23 heavy (non-hydrogen) atoms. The average Bonchev–Trinajstić information content (AvgIpc) is 3.09. The molecule has 0 aliphatic rings. The molecule has 0 atom stereocenters. The van der Waals surface area contributed by atoms with Crippen LogP contribution in [0.3, 0.4) is 0 Å². The predicted molar refractivity (Wildman–Crippen MR) is 90.0 cm³/mol. The standard InChI is InChI=1S/C19H14N4/c1-2-4-17(5-3-1)23-19(16-8-12-21-13-9-16)14-18(22-23)15-6-10-20-11-7-15/h1-14H. The number of hydrogen-bond donors (Lipinski definition) is 0. The Morgan fingerprint density at radius 1 is 0.652 bits per heavy atom. The van der Waals surface area contributed by atoms with Gasteiger partial charge in [-0.3, -0.25) is 9.97 Å². The van der Waals surface area contributed by atoms with Crippen LogP contribution < -0.4 is 0 Å². The molecule has 3 aromatic heterocycles. The van der Waals surface area contributed by atoms with E-state index in [4.69, 9.17) is 5.10 Å². The first-order valence-electron chi connectivity index (χ1n) is 7.38. The molecular weight excluding hydrogens is 284 g/mol. The van der Waals surface area contributed by atoms with Crippen molar-refractivity contribution < 1.29 is 0 Å². The van der Waals surface area contributed by atoms with Crippen LogP contribution in [-0.4, -0.2) is 19.7 Å². The zero-order valence-electron chi connectivity index (χ0n) is 12.4. The van der Waals surface area contributed by atoms with Crippen molar-refractivity contribution in [2.75, 3.05) is 0 Å². The van der Waals surface area contributed by atoms with Crippen molar-refractivity contribution >= 4 is 0 Å². The highest BCUT2D eigenvalue weighted by molar-refractivity contribution is 5.70. The first kappa shape index (κ1) is 13.4. The molecule has 0 aliphatic heterocycles. The smallest absolute Gasteiger partial charge is 0.0935 e. The number of aromatic nitrogens is 4. The van der Waals surface area contributed by atoms with Gasteiger partial charge in [0.15, 0.2) is 0 Å². The van der Waals surface area contributed by atoms with Crippen molar-refractivity contribution in [2.45, 2.75) is 0 Å². The zero-order chi connectivity index (χ0) is 15.5. The van der Waals surface area contributed by atoms with Gasteiger partial charge in [-0.2, -0.15) is 5.10 Å². The minimum Gasteiger partial charge on any atom is -0.265 e. The van der Waals surface area contributed by atoms with Crippen LogP contribution in [-0.2, 0) is 0 Å². The third-order valence-corrected chi connectivity index (χ3v) is 3.66. The number of rotatable bonds is 3. The number of nitrogens with zero attached hydrogens (tertiary/aromatic N) is 4. The molecule has 0 spiro atoms. The summed E-state index contributed by atoms with van der Waals surface area (Å²) in [4.78, 5) is 8.17. The van der Waals surface area contributed by atoms with Gasteiger partial charge < -0.3 is 0 Å². The summed E-state index contributed by atoms with van der Waals surface area (Å²) >= 11 is 0. The minimum absolute atomic E-state index is 0.920. The van der Waals surface area contributed by atoms with Crippen LogP contribution in [0.5, 0.6) is 0 Å². The van der Waals surface area contributed by atoms with Gasteiger partial charge in [0.1, 0.15) is 0 Å². The molecule has 3 heterocycles. The molecule has 0 fully saturated rings. The molecule has 0 amide bonds. The van der Waals surface area contributed by atoms with Gasteiger partial charge in [0.05, 0.1) is 17.1 Å². The Morgan fingerprint density at radius 3 is 1.91 bits per heavy atom. The molecule has 0 saturated carbocycles. The lowest BCUT2D eigenvalue weighted by Crippen LogP contribution is -1.98. The summed E-state index contributed by atoms with van der Waals surface area (Å²) in [6, 6.07) is 20.1.